The fraction of sp³-hybridized carbons (Fsp3) is 0.300. The van der Waals surface area contributed by atoms with Crippen molar-refractivity contribution < 1.29 is 14.6 Å². The first kappa shape index (κ1) is 16.5. The quantitative estimate of drug-likeness (QED) is 0.827. The van der Waals surface area contributed by atoms with Crippen LogP contribution in [-0.4, -0.2) is 18.2 Å². The fourth-order valence-corrected chi connectivity index (χ4v) is 2.05. The molecule has 0 aliphatic heterocycles. The molecule has 0 aliphatic carbocycles. The first-order chi connectivity index (χ1) is 7.47. The summed E-state index contributed by atoms with van der Waals surface area (Å²) < 4.78 is 5.11. The van der Waals surface area contributed by atoms with E-state index in [-0.39, 0.29) is 29.6 Å². The molecule has 4 nitrogen and oxygen atoms in total. The first-order valence-corrected chi connectivity index (χ1v) is 5.63. The zero-order valence-electron chi connectivity index (χ0n) is 8.94. The van der Waals surface area contributed by atoms with E-state index in [4.69, 9.17) is 17.3 Å². The molecule has 3 N–H and O–H groups in total. The molecule has 7 heteroatoms. The van der Waals surface area contributed by atoms with Gasteiger partial charge >= 0.3 is 5.97 Å². The number of methoxy groups -OCH3 is 1. The Kier molecular flexibility index (Phi) is 6.85. The van der Waals surface area contributed by atoms with Crippen LogP contribution in [0.1, 0.15) is 18.0 Å². The van der Waals surface area contributed by atoms with E-state index in [2.05, 4.69) is 20.7 Å². The summed E-state index contributed by atoms with van der Waals surface area (Å²) in [5.41, 5.74) is 6.19. The highest BCUT2D eigenvalue weighted by molar-refractivity contribution is 9.10. The Morgan fingerprint density at radius 3 is 2.76 bits per heavy atom. The van der Waals surface area contributed by atoms with Crippen LogP contribution in [0.15, 0.2) is 16.6 Å². The van der Waals surface area contributed by atoms with Crippen molar-refractivity contribution in [2.45, 2.75) is 12.5 Å². The number of hydrogen-bond donors (Lipinski definition) is 2. The van der Waals surface area contributed by atoms with Crippen molar-refractivity contribution in [2.75, 3.05) is 7.11 Å². The number of carbonyl (C=O) groups excluding carboxylic acids is 1. The number of hydrogen-bond acceptors (Lipinski definition) is 4. The Balaban J connectivity index is 0.00000256. The third-order valence-electron chi connectivity index (χ3n) is 2.10. The minimum absolute atomic E-state index is 0. The normalized spacial score (nSPS) is 11.5. The number of phenols is 1. The van der Waals surface area contributed by atoms with Crippen LogP contribution in [0.2, 0.25) is 5.02 Å². The first-order valence-electron chi connectivity index (χ1n) is 4.46. The van der Waals surface area contributed by atoms with Gasteiger partial charge in [-0.15, -0.1) is 12.4 Å². The van der Waals surface area contributed by atoms with Crippen LogP contribution in [0.5, 0.6) is 5.75 Å². The van der Waals surface area contributed by atoms with Gasteiger partial charge < -0.3 is 15.6 Å². The van der Waals surface area contributed by atoms with Crippen LogP contribution in [-0.2, 0) is 9.53 Å². The van der Waals surface area contributed by atoms with Crippen LogP contribution >= 0.6 is 39.9 Å². The van der Waals surface area contributed by atoms with Crippen LogP contribution in [0, 0.1) is 0 Å². The van der Waals surface area contributed by atoms with Gasteiger partial charge in [-0.05, 0) is 12.1 Å². The lowest BCUT2D eigenvalue weighted by atomic mass is 10.0. The zero-order valence-corrected chi connectivity index (χ0v) is 12.1. The summed E-state index contributed by atoms with van der Waals surface area (Å²) in [6.07, 6.45) is -0.0248. The number of nitrogens with two attached hydrogens (primary N) is 1. The summed E-state index contributed by atoms with van der Waals surface area (Å²) >= 11 is 9.00. The van der Waals surface area contributed by atoms with Gasteiger partial charge in [-0.25, -0.2) is 0 Å². The highest BCUT2D eigenvalue weighted by Crippen LogP contribution is 2.37. The maximum absolute atomic E-state index is 11.1. The average Bonchev–Trinajstić information content (AvgIpc) is 2.24. The van der Waals surface area contributed by atoms with Crippen molar-refractivity contribution in [3.8, 4) is 5.75 Å². The average molecular weight is 345 g/mol. The highest BCUT2D eigenvalue weighted by Gasteiger charge is 2.20. The molecule has 0 unspecified atom stereocenters. The van der Waals surface area contributed by atoms with E-state index in [1.807, 2.05) is 0 Å². The molecule has 0 saturated heterocycles. The molecule has 0 radical (unpaired) electrons. The molecule has 17 heavy (non-hydrogen) atoms. The van der Waals surface area contributed by atoms with Gasteiger partial charge in [0, 0.05) is 16.1 Å². The van der Waals surface area contributed by atoms with Crippen molar-refractivity contribution in [3.63, 3.8) is 0 Å². The molecule has 0 aliphatic rings. The Hall–Kier alpha value is -0.490. The molecule has 0 amide bonds. The predicted octanol–water partition coefficient (Wildman–Crippen LogP) is 2.79. The highest BCUT2D eigenvalue weighted by atomic mass is 79.9. The summed E-state index contributed by atoms with van der Waals surface area (Å²) in [5.74, 6) is -0.564. The number of ether oxygens (including phenoxy) is 1. The van der Waals surface area contributed by atoms with E-state index in [0.717, 1.165) is 0 Å². The predicted molar refractivity (Wildman–Crippen MR) is 71.6 cm³/mol. The molecular weight excluding hydrogens is 333 g/mol. The maximum atomic E-state index is 11.1. The number of phenolic OH excluding ortho intramolecular Hbond substituents is 1. The number of esters is 1. The van der Waals surface area contributed by atoms with E-state index in [9.17, 15) is 9.90 Å². The molecule has 0 fully saturated rings. The van der Waals surface area contributed by atoms with E-state index in [1.165, 1.54) is 13.2 Å². The second kappa shape index (κ2) is 7.06. The Morgan fingerprint density at radius 2 is 2.24 bits per heavy atom. The molecule has 1 aromatic rings. The van der Waals surface area contributed by atoms with Gasteiger partial charge in [0.15, 0.2) is 0 Å². The molecule has 0 heterocycles. The number of carbonyl (C=O) groups is 1. The van der Waals surface area contributed by atoms with Crippen molar-refractivity contribution >= 4 is 45.9 Å². The van der Waals surface area contributed by atoms with Crippen LogP contribution in [0.3, 0.4) is 0 Å². The van der Waals surface area contributed by atoms with Crippen molar-refractivity contribution in [2.24, 2.45) is 5.73 Å². The molecule has 0 bridgehead atoms. The second-order valence-corrected chi connectivity index (χ2v) is 4.44. The number of halogens is 3. The summed E-state index contributed by atoms with van der Waals surface area (Å²) in [4.78, 5) is 11.1. The molecule has 0 saturated carbocycles. The van der Waals surface area contributed by atoms with E-state index in [0.29, 0.717) is 10.0 Å². The van der Waals surface area contributed by atoms with Gasteiger partial charge in [-0.3, -0.25) is 4.79 Å². The van der Waals surface area contributed by atoms with Crippen LogP contribution in [0.4, 0.5) is 0 Å². The Bertz CT molecular complexity index is 415. The molecule has 1 atom stereocenters. The Morgan fingerprint density at radius 1 is 1.65 bits per heavy atom. The summed E-state index contributed by atoms with van der Waals surface area (Å²) in [6, 6.07) is 2.53. The lowest BCUT2D eigenvalue weighted by molar-refractivity contribution is -0.141. The molecule has 0 spiro atoms. The van der Waals surface area contributed by atoms with Gasteiger partial charge in [0.1, 0.15) is 5.75 Å². The number of aromatic hydroxyl groups is 1. The van der Waals surface area contributed by atoms with Crippen molar-refractivity contribution in [1.82, 2.24) is 0 Å². The van der Waals surface area contributed by atoms with E-state index in [1.54, 1.807) is 6.07 Å². The monoisotopic (exact) mass is 343 g/mol. The molecule has 0 aromatic heterocycles. The van der Waals surface area contributed by atoms with Gasteiger partial charge in [0.05, 0.1) is 18.6 Å². The Labute approximate surface area is 119 Å². The second-order valence-electron chi connectivity index (χ2n) is 3.18. The van der Waals surface area contributed by atoms with Gasteiger partial charge in [0.2, 0.25) is 0 Å². The van der Waals surface area contributed by atoms with Gasteiger partial charge in [-0.2, -0.15) is 0 Å². The third kappa shape index (κ3) is 4.03. The van der Waals surface area contributed by atoms with Crippen LogP contribution in [0.25, 0.3) is 0 Å². The number of benzene rings is 1. The number of rotatable bonds is 3. The van der Waals surface area contributed by atoms with E-state index >= 15 is 0 Å². The molecule has 96 valence electrons. The van der Waals surface area contributed by atoms with Crippen molar-refractivity contribution in [3.05, 3.63) is 27.2 Å². The van der Waals surface area contributed by atoms with Gasteiger partial charge in [0.25, 0.3) is 0 Å². The SMILES string of the molecule is COC(=O)C[C@@H](N)c1c(Br)ccc(Cl)c1O.Cl. The van der Waals surface area contributed by atoms with E-state index < -0.39 is 12.0 Å². The van der Waals surface area contributed by atoms with Crippen LogP contribution < -0.4 is 5.73 Å². The minimum Gasteiger partial charge on any atom is -0.506 e. The summed E-state index contributed by atoms with van der Waals surface area (Å²) in [6.45, 7) is 0. The minimum atomic E-state index is -0.666. The van der Waals surface area contributed by atoms with Gasteiger partial charge in [-0.1, -0.05) is 27.5 Å². The summed E-state index contributed by atoms with van der Waals surface area (Å²) in [7, 11) is 1.28. The zero-order chi connectivity index (χ0) is 12.3. The van der Waals surface area contributed by atoms with Crippen molar-refractivity contribution in [1.29, 1.82) is 0 Å². The lowest BCUT2D eigenvalue weighted by Crippen LogP contribution is -2.17. The standard InChI is InChI=1S/C10H11BrClNO3.ClH/c1-16-8(14)4-7(13)9-5(11)2-3-6(12)10(9)15;/h2-3,7,15H,4,13H2,1H3;1H/t7-;/m1./s1. The molecular formula is C10H12BrCl2NO3. The third-order valence-corrected chi connectivity index (χ3v) is 3.10. The molecule has 1 rings (SSSR count). The lowest BCUT2D eigenvalue weighted by Gasteiger charge is -2.15. The topological polar surface area (TPSA) is 72.5 Å². The largest absolute Gasteiger partial charge is 0.506 e. The molecule has 1 aromatic carbocycles. The smallest absolute Gasteiger partial charge is 0.307 e. The fourth-order valence-electron chi connectivity index (χ4n) is 1.27. The maximum Gasteiger partial charge on any atom is 0.307 e. The summed E-state index contributed by atoms with van der Waals surface area (Å²) in [5, 5.41) is 9.93.